The second-order valence-electron chi connectivity index (χ2n) is 6.30. The van der Waals surface area contributed by atoms with Crippen LogP contribution in [0.5, 0.6) is 0 Å². The van der Waals surface area contributed by atoms with E-state index in [0.717, 1.165) is 35.3 Å². The molecule has 3 aromatic rings. The van der Waals surface area contributed by atoms with Crippen LogP contribution in [0.4, 0.5) is 11.4 Å². The van der Waals surface area contributed by atoms with Crippen molar-refractivity contribution in [2.45, 2.75) is 12.8 Å². The number of anilines is 2. The molecule has 0 aliphatic carbocycles. The lowest BCUT2D eigenvalue weighted by atomic mass is 10.0. The Bertz CT molecular complexity index is 980. The average Bonchev–Trinajstić information content (AvgIpc) is 3.18. The van der Waals surface area contributed by atoms with Crippen LogP contribution >= 0.6 is 11.3 Å². The molecule has 1 aromatic heterocycles. The van der Waals surface area contributed by atoms with E-state index in [0.29, 0.717) is 5.01 Å². The first-order chi connectivity index (χ1) is 13.7. The number of hydrogen-bond acceptors (Lipinski definition) is 5. The maximum absolute atomic E-state index is 13.0. The van der Waals surface area contributed by atoms with E-state index in [1.807, 2.05) is 53.9 Å². The van der Waals surface area contributed by atoms with Gasteiger partial charge in [-0.15, -0.1) is 11.3 Å². The van der Waals surface area contributed by atoms with Crippen molar-refractivity contribution in [2.24, 2.45) is 0 Å². The molecule has 4 rings (SSSR count). The Balaban J connectivity index is 1.54. The Kier molecular flexibility index (Phi) is 5.30. The minimum Gasteiger partial charge on any atom is -0.452 e. The highest BCUT2D eigenvalue weighted by Gasteiger charge is 2.26. The summed E-state index contributed by atoms with van der Waals surface area (Å²) in [4.78, 5) is 30.7. The topological polar surface area (TPSA) is 59.5 Å². The van der Waals surface area contributed by atoms with Crippen LogP contribution in [0.25, 0.3) is 6.08 Å². The van der Waals surface area contributed by atoms with Crippen molar-refractivity contribution in [3.05, 3.63) is 82.3 Å². The Hall–Kier alpha value is -3.25. The lowest BCUT2D eigenvalue weighted by Crippen LogP contribution is -2.31. The van der Waals surface area contributed by atoms with Gasteiger partial charge in [0, 0.05) is 17.7 Å². The van der Waals surface area contributed by atoms with Crippen molar-refractivity contribution in [1.82, 2.24) is 4.98 Å². The number of rotatable bonds is 4. The first-order valence-corrected chi connectivity index (χ1v) is 9.83. The summed E-state index contributed by atoms with van der Waals surface area (Å²) in [6.45, 7) is -0.330. The number of nitrogens with zero attached hydrogens (tertiary/aromatic N) is 2. The van der Waals surface area contributed by atoms with Crippen LogP contribution < -0.4 is 4.90 Å². The highest BCUT2D eigenvalue weighted by molar-refractivity contribution is 7.10. The van der Waals surface area contributed by atoms with Gasteiger partial charge in [0.15, 0.2) is 6.61 Å². The van der Waals surface area contributed by atoms with Gasteiger partial charge in [0.2, 0.25) is 0 Å². The van der Waals surface area contributed by atoms with E-state index in [1.165, 1.54) is 17.4 Å². The summed E-state index contributed by atoms with van der Waals surface area (Å²) in [5.41, 5.74) is 3.88. The number of aryl methyl sites for hydroxylation is 2. The number of thiazole rings is 1. The monoisotopic (exact) mass is 390 g/mol. The Morgan fingerprint density at radius 1 is 1.04 bits per heavy atom. The third kappa shape index (κ3) is 3.87. The van der Waals surface area contributed by atoms with Crippen molar-refractivity contribution in [2.75, 3.05) is 11.5 Å². The Morgan fingerprint density at radius 3 is 2.29 bits per heavy atom. The molecule has 1 aliphatic rings. The minimum atomic E-state index is -0.569. The van der Waals surface area contributed by atoms with Gasteiger partial charge >= 0.3 is 5.97 Å². The number of amides is 1. The summed E-state index contributed by atoms with van der Waals surface area (Å²) in [5, 5.41) is 2.53. The number of para-hydroxylation sites is 2. The van der Waals surface area contributed by atoms with Crippen molar-refractivity contribution >= 4 is 40.7 Å². The SMILES string of the molecule is O=C(C=Cc1nccs1)OCC(=O)N1c2ccccc2CCc2ccccc21. The summed E-state index contributed by atoms with van der Waals surface area (Å²) >= 11 is 1.42. The third-order valence-corrected chi connectivity index (χ3v) is 5.27. The Morgan fingerprint density at radius 2 is 1.68 bits per heavy atom. The second kappa shape index (κ2) is 8.19. The van der Waals surface area contributed by atoms with Gasteiger partial charge in [0.1, 0.15) is 5.01 Å². The zero-order valence-electron chi connectivity index (χ0n) is 15.1. The smallest absolute Gasteiger partial charge is 0.331 e. The summed E-state index contributed by atoms with van der Waals surface area (Å²) < 4.78 is 5.19. The fourth-order valence-electron chi connectivity index (χ4n) is 3.25. The second-order valence-corrected chi connectivity index (χ2v) is 7.22. The zero-order chi connectivity index (χ0) is 19.3. The van der Waals surface area contributed by atoms with Crippen LogP contribution in [0.15, 0.2) is 66.2 Å². The van der Waals surface area contributed by atoms with Gasteiger partial charge in [-0.3, -0.25) is 9.69 Å². The van der Waals surface area contributed by atoms with Crippen molar-refractivity contribution in [3.8, 4) is 0 Å². The number of esters is 1. The van der Waals surface area contributed by atoms with Crippen LogP contribution in [0.1, 0.15) is 16.1 Å². The molecule has 0 radical (unpaired) electrons. The normalized spacial score (nSPS) is 12.9. The number of ether oxygens (including phenoxy) is 1. The molecular formula is C22H18N2O3S. The van der Waals surface area contributed by atoms with Gasteiger partial charge in [0.25, 0.3) is 5.91 Å². The fraction of sp³-hybridized carbons (Fsp3) is 0.136. The molecule has 0 atom stereocenters. The van der Waals surface area contributed by atoms with Gasteiger partial charge in [-0.05, 0) is 42.2 Å². The van der Waals surface area contributed by atoms with E-state index in [9.17, 15) is 9.59 Å². The molecule has 0 N–H and O–H groups in total. The number of benzene rings is 2. The number of aromatic nitrogens is 1. The summed E-state index contributed by atoms with van der Waals surface area (Å²) in [5.74, 6) is -0.849. The van der Waals surface area contributed by atoms with Crippen molar-refractivity contribution in [1.29, 1.82) is 0 Å². The molecule has 2 aromatic carbocycles. The van der Waals surface area contributed by atoms with Gasteiger partial charge < -0.3 is 4.74 Å². The predicted octanol–water partition coefficient (Wildman–Crippen LogP) is 4.16. The highest BCUT2D eigenvalue weighted by atomic mass is 32.1. The zero-order valence-corrected chi connectivity index (χ0v) is 15.9. The lowest BCUT2D eigenvalue weighted by molar-refractivity contribution is -0.142. The van der Waals surface area contributed by atoms with E-state index >= 15 is 0 Å². The van der Waals surface area contributed by atoms with Crippen LogP contribution in [0.3, 0.4) is 0 Å². The lowest BCUT2D eigenvalue weighted by Gasteiger charge is -2.24. The molecule has 0 fully saturated rings. The number of hydrogen-bond donors (Lipinski definition) is 0. The molecule has 6 heteroatoms. The molecule has 0 bridgehead atoms. The van der Waals surface area contributed by atoms with Gasteiger partial charge in [-0.2, -0.15) is 0 Å². The molecule has 0 unspecified atom stereocenters. The van der Waals surface area contributed by atoms with Crippen LogP contribution in [0, 0.1) is 0 Å². The summed E-state index contributed by atoms with van der Waals surface area (Å²) in [6.07, 6.45) is 6.23. The predicted molar refractivity (Wildman–Crippen MR) is 110 cm³/mol. The van der Waals surface area contributed by atoms with E-state index in [1.54, 1.807) is 17.2 Å². The first kappa shape index (κ1) is 18.1. The van der Waals surface area contributed by atoms with Crippen LogP contribution in [-0.2, 0) is 27.2 Å². The largest absolute Gasteiger partial charge is 0.452 e. The standard InChI is InChI=1S/C22H18N2O3S/c25-21(15-27-22(26)12-11-20-23-13-14-28-20)24-18-7-3-1-5-16(18)9-10-17-6-2-4-8-19(17)24/h1-8,11-14H,9-10,15H2. The first-order valence-electron chi connectivity index (χ1n) is 8.95. The molecule has 2 heterocycles. The number of fused-ring (bicyclic) bond motifs is 2. The van der Waals surface area contributed by atoms with E-state index in [2.05, 4.69) is 4.98 Å². The van der Waals surface area contributed by atoms with Gasteiger partial charge in [-0.1, -0.05) is 36.4 Å². The van der Waals surface area contributed by atoms with E-state index in [4.69, 9.17) is 4.74 Å². The summed E-state index contributed by atoms with van der Waals surface area (Å²) in [6, 6.07) is 15.7. The number of carbonyl (C=O) groups is 2. The van der Waals surface area contributed by atoms with Crippen molar-refractivity contribution < 1.29 is 14.3 Å². The molecule has 0 saturated carbocycles. The average molecular weight is 390 g/mol. The van der Waals surface area contributed by atoms with E-state index < -0.39 is 5.97 Å². The maximum atomic E-state index is 13.0. The molecule has 0 spiro atoms. The molecule has 1 aliphatic heterocycles. The molecule has 1 amide bonds. The minimum absolute atomic E-state index is 0.280. The molecule has 5 nitrogen and oxygen atoms in total. The van der Waals surface area contributed by atoms with Gasteiger partial charge in [-0.25, -0.2) is 9.78 Å². The fourth-order valence-corrected chi connectivity index (χ4v) is 3.78. The number of carbonyl (C=O) groups excluding carboxylic acids is 2. The summed E-state index contributed by atoms with van der Waals surface area (Å²) in [7, 11) is 0. The molecule has 0 saturated heterocycles. The molecular weight excluding hydrogens is 372 g/mol. The van der Waals surface area contributed by atoms with Crippen LogP contribution in [0.2, 0.25) is 0 Å². The van der Waals surface area contributed by atoms with Gasteiger partial charge in [0.05, 0.1) is 11.4 Å². The molecule has 28 heavy (non-hydrogen) atoms. The maximum Gasteiger partial charge on any atom is 0.331 e. The van der Waals surface area contributed by atoms with Crippen molar-refractivity contribution in [3.63, 3.8) is 0 Å². The molecule has 140 valence electrons. The van der Waals surface area contributed by atoms with Crippen LogP contribution in [-0.4, -0.2) is 23.5 Å². The highest BCUT2D eigenvalue weighted by Crippen LogP contribution is 2.35. The Labute approximate surface area is 166 Å². The third-order valence-electron chi connectivity index (χ3n) is 4.53. The quantitative estimate of drug-likeness (QED) is 0.496. The van der Waals surface area contributed by atoms with E-state index in [-0.39, 0.29) is 12.5 Å².